The van der Waals surface area contributed by atoms with Crippen LogP contribution in [0.25, 0.3) is 33.4 Å². The number of rotatable bonds is 5. The van der Waals surface area contributed by atoms with Crippen molar-refractivity contribution >= 4 is 46.1 Å². The van der Waals surface area contributed by atoms with Gasteiger partial charge in [-0.25, -0.2) is 0 Å². The van der Waals surface area contributed by atoms with Crippen molar-refractivity contribution in [3.05, 3.63) is 208 Å². The monoisotopic (exact) mass is 1050 g/mol. The summed E-state index contributed by atoms with van der Waals surface area (Å²) < 4.78 is 8.09. The molecular formula is C76H81BN2O. The Bertz CT molecular complexity index is 3860. The number of anilines is 5. The van der Waals surface area contributed by atoms with Gasteiger partial charge in [-0.2, -0.15) is 0 Å². The average Bonchev–Trinajstić information content (AvgIpc) is 3.94. The van der Waals surface area contributed by atoms with E-state index >= 15 is 0 Å². The van der Waals surface area contributed by atoms with E-state index in [2.05, 4.69) is 264 Å². The van der Waals surface area contributed by atoms with Gasteiger partial charge in [0, 0.05) is 28.3 Å². The van der Waals surface area contributed by atoms with Crippen LogP contribution in [-0.4, -0.2) is 12.3 Å². The Morgan fingerprint density at radius 1 is 0.425 bits per heavy atom. The van der Waals surface area contributed by atoms with Crippen molar-refractivity contribution in [2.75, 3.05) is 9.80 Å². The highest BCUT2D eigenvalue weighted by Crippen LogP contribution is 2.62. The van der Waals surface area contributed by atoms with Gasteiger partial charge in [0.05, 0.1) is 23.0 Å². The van der Waals surface area contributed by atoms with Gasteiger partial charge < -0.3 is 14.5 Å². The summed E-state index contributed by atoms with van der Waals surface area (Å²) in [6.07, 6.45) is 12.2. The third kappa shape index (κ3) is 7.58. The van der Waals surface area contributed by atoms with Crippen LogP contribution in [0.1, 0.15) is 156 Å². The molecule has 4 heteroatoms. The second kappa shape index (κ2) is 17.1. The molecule has 0 aromatic heterocycles. The average molecular weight is 1050 g/mol. The maximum absolute atomic E-state index is 8.09. The third-order valence-corrected chi connectivity index (χ3v) is 21.2. The van der Waals surface area contributed by atoms with Crippen LogP contribution in [0.3, 0.4) is 0 Å². The quantitative estimate of drug-likeness (QED) is 0.160. The number of benzene rings is 7. The molecule has 0 amide bonds. The van der Waals surface area contributed by atoms with E-state index in [-0.39, 0.29) is 45.1 Å². The lowest BCUT2D eigenvalue weighted by Gasteiger charge is -2.49. The molecule has 4 aliphatic carbocycles. The van der Waals surface area contributed by atoms with Crippen LogP contribution in [0.2, 0.25) is 0 Å². The molecule has 7 aromatic carbocycles. The van der Waals surface area contributed by atoms with Gasteiger partial charge in [-0.1, -0.05) is 192 Å². The Labute approximate surface area is 479 Å². The summed E-state index contributed by atoms with van der Waals surface area (Å²) in [5, 5.41) is 0. The van der Waals surface area contributed by atoms with Crippen molar-refractivity contribution < 1.29 is 4.74 Å². The molecular weight excluding hydrogens is 968 g/mol. The standard InChI is InChI=1S/C76H81BN2O/c1-47-39-65-67-66(40-47)79(63-45-59-57(72(6,7)35-36-74(59,10)11)43-54(63)49-25-19-16-20-26-49)64-41-50(53-28-22-21-27-52(53)48-23-17-15-18-24-48)29-32-62(64)77(67)69-68(78(65)51-30-31-55-56(42-51)71(4,5)34-33-70(55,2)3)60-44-58-61(46-76(60,14)80-69)75(12,13)38-37-73(58,8)9/h15-32,39-46,60H,33-38H2,1-14H3. The number of allylic oxidation sites excluding steroid dienone is 2. The van der Waals surface area contributed by atoms with Gasteiger partial charge in [0.2, 0.25) is 0 Å². The zero-order valence-electron chi connectivity index (χ0n) is 50.2. The van der Waals surface area contributed by atoms with E-state index < -0.39 is 5.60 Å². The fourth-order valence-electron chi connectivity index (χ4n) is 16.0. The van der Waals surface area contributed by atoms with Gasteiger partial charge in [-0.3, -0.25) is 0 Å². The summed E-state index contributed by atoms with van der Waals surface area (Å²) in [4.78, 5) is 5.43. The highest BCUT2D eigenvalue weighted by atomic mass is 16.5. The number of ether oxygens (including phenoxy) is 1. The Morgan fingerprint density at radius 2 is 0.938 bits per heavy atom. The predicted molar refractivity (Wildman–Crippen MR) is 339 cm³/mol. The van der Waals surface area contributed by atoms with Crippen molar-refractivity contribution in [3.63, 3.8) is 0 Å². The first kappa shape index (κ1) is 51.4. The number of fused-ring (bicyclic) bond motifs is 8. The molecule has 0 spiro atoms. The van der Waals surface area contributed by atoms with Gasteiger partial charge >= 0.3 is 0 Å². The van der Waals surface area contributed by atoms with Crippen LogP contribution in [0.4, 0.5) is 28.4 Å². The predicted octanol–water partition coefficient (Wildman–Crippen LogP) is 19.1. The van der Waals surface area contributed by atoms with Crippen molar-refractivity contribution in [2.24, 2.45) is 16.7 Å². The molecule has 1 saturated carbocycles. The van der Waals surface area contributed by atoms with E-state index in [0.29, 0.717) is 0 Å². The molecule has 404 valence electrons. The van der Waals surface area contributed by atoms with E-state index in [0.717, 1.165) is 37.8 Å². The lowest BCUT2D eigenvalue weighted by molar-refractivity contribution is 0.0722. The van der Waals surface area contributed by atoms with Crippen LogP contribution in [0, 0.1) is 23.7 Å². The van der Waals surface area contributed by atoms with Crippen LogP contribution < -0.4 is 20.7 Å². The van der Waals surface area contributed by atoms with Crippen LogP contribution in [-0.2, 0) is 26.4 Å². The summed E-state index contributed by atoms with van der Waals surface area (Å²) in [6, 6.07) is 56.5. The minimum atomic E-state index is -0.609. The number of aryl methyl sites for hydroxylation is 1. The third-order valence-electron chi connectivity index (χ3n) is 21.2. The molecule has 0 bridgehead atoms. The molecule has 0 N–H and O–H groups in total. The van der Waals surface area contributed by atoms with Crippen molar-refractivity contribution in [1.29, 1.82) is 0 Å². The van der Waals surface area contributed by atoms with Crippen molar-refractivity contribution in [3.8, 4) is 33.4 Å². The van der Waals surface area contributed by atoms with E-state index in [4.69, 9.17) is 4.74 Å². The van der Waals surface area contributed by atoms with Gasteiger partial charge in [0.1, 0.15) is 5.60 Å². The maximum atomic E-state index is 8.09. The molecule has 80 heavy (non-hydrogen) atoms. The van der Waals surface area contributed by atoms with Gasteiger partial charge in [-0.05, 0) is 211 Å². The fraction of sp³-hybridized carbons (Fsp3) is 0.368. The van der Waals surface area contributed by atoms with Gasteiger partial charge in [0.25, 0.3) is 6.71 Å². The largest absolute Gasteiger partial charge is 0.494 e. The summed E-state index contributed by atoms with van der Waals surface area (Å²) >= 11 is 0. The lowest BCUT2D eigenvalue weighted by Crippen LogP contribution is -2.56. The Hall–Kier alpha value is -6.78. The lowest BCUT2D eigenvalue weighted by atomic mass is 9.35. The Kier molecular flexibility index (Phi) is 11.0. The van der Waals surface area contributed by atoms with Crippen LogP contribution in [0.5, 0.6) is 0 Å². The minimum Gasteiger partial charge on any atom is -0.494 e. The Balaban J connectivity index is 1.10. The summed E-state index contributed by atoms with van der Waals surface area (Å²) in [5.74, 6) is -0.0172. The molecule has 14 rings (SSSR count). The molecule has 0 radical (unpaired) electrons. The first-order valence-electron chi connectivity index (χ1n) is 30.2. The van der Waals surface area contributed by atoms with E-state index in [1.54, 1.807) is 0 Å². The number of hydrogen-bond donors (Lipinski definition) is 0. The smallest absolute Gasteiger partial charge is 0.296 e. The SMILES string of the molecule is Cc1cc2c3c(c1)N(c1cc4c(cc1-c1ccccc1)C(C)(C)CCC4(C)C)c1cc(-c4ccccc4-c4ccccc4)ccc1B3C1=C(C3C=C4C(=CC3(C)O1)C(C)(C)CCC4(C)C)N2c1ccc2c(c1)C(C)(C)CCC2(C)C. The number of hydrogen-bond acceptors (Lipinski definition) is 3. The Morgan fingerprint density at radius 3 is 1.56 bits per heavy atom. The second-order valence-electron chi connectivity index (χ2n) is 29.5. The topological polar surface area (TPSA) is 15.7 Å². The highest BCUT2D eigenvalue weighted by molar-refractivity contribution is 6.94. The van der Waals surface area contributed by atoms with Crippen LogP contribution in [0.15, 0.2) is 180 Å². The molecule has 0 saturated heterocycles. The molecule has 3 heterocycles. The van der Waals surface area contributed by atoms with E-state index in [9.17, 15) is 0 Å². The molecule has 3 aliphatic heterocycles. The van der Waals surface area contributed by atoms with Crippen molar-refractivity contribution in [2.45, 2.75) is 163 Å². The highest BCUT2D eigenvalue weighted by Gasteiger charge is 2.59. The zero-order valence-corrected chi connectivity index (χ0v) is 50.2. The molecule has 2 unspecified atom stereocenters. The van der Waals surface area contributed by atoms with E-state index in [1.807, 2.05) is 0 Å². The molecule has 3 nitrogen and oxygen atoms in total. The zero-order chi connectivity index (χ0) is 55.8. The summed E-state index contributed by atoms with van der Waals surface area (Å²) in [6.45, 7) is 34.2. The van der Waals surface area contributed by atoms with Crippen LogP contribution >= 0.6 is 0 Å². The fourth-order valence-corrected chi connectivity index (χ4v) is 16.0. The summed E-state index contributed by atoms with van der Waals surface area (Å²) in [7, 11) is 0. The first-order valence-corrected chi connectivity index (χ1v) is 30.2. The second-order valence-corrected chi connectivity index (χ2v) is 29.5. The molecule has 7 aromatic rings. The molecule has 7 aliphatic rings. The van der Waals surface area contributed by atoms with Gasteiger partial charge in [0.15, 0.2) is 0 Å². The number of nitrogens with zero attached hydrogens (tertiary/aromatic N) is 2. The maximum Gasteiger partial charge on any atom is 0.296 e. The molecule has 1 fully saturated rings. The minimum absolute atomic E-state index is 0.0172. The van der Waals surface area contributed by atoms with Crippen molar-refractivity contribution in [1.82, 2.24) is 0 Å². The normalized spacial score (nSPS) is 23.5. The summed E-state index contributed by atoms with van der Waals surface area (Å²) in [5.41, 5.74) is 28.2. The molecule has 2 atom stereocenters. The van der Waals surface area contributed by atoms with Gasteiger partial charge in [-0.15, -0.1) is 0 Å². The first-order chi connectivity index (χ1) is 37.9. The van der Waals surface area contributed by atoms with E-state index in [1.165, 1.54) is 124 Å².